The normalized spacial score (nSPS) is 10.4. The summed E-state index contributed by atoms with van der Waals surface area (Å²) in [5.41, 5.74) is 2.65. The summed E-state index contributed by atoms with van der Waals surface area (Å²) in [6.45, 7) is 2.79. The van der Waals surface area contributed by atoms with E-state index in [-0.39, 0.29) is 5.75 Å². The molecule has 0 bridgehead atoms. The summed E-state index contributed by atoms with van der Waals surface area (Å²) in [5, 5.41) is 9.50. The van der Waals surface area contributed by atoms with Crippen molar-refractivity contribution in [3.05, 3.63) is 59.4 Å². The van der Waals surface area contributed by atoms with E-state index >= 15 is 0 Å². The molecule has 3 heteroatoms. The van der Waals surface area contributed by atoms with Crippen LogP contribution in [0.4, 0.5) is 0 Å². The van der Waals surface area contributed by atoms with Crippen LogP contribution in [0.5, 0.6) is 5.75 Å². The van der Waals surface area contributed by atoms with Gasteiger partial charge in [0.2, 0.25) is 0 Å². The van der Waals surface area contributed by atoms with Crippen LogP contribution in [0.15, 0.2) is 42.6 Å². The van der Waals surface area contributed by atoms with Gasteiger partial charge < -0.3 is 9.84 Å². The molecular formula is C14H15NO2. The standard InChI is InChI=1S/C14H15NO2/c1-11-14(16)7-13(8-15-11)10-17-9-12-5-3-2-4-6-12/h2-8,16H,9-10H2,1H3. The maximum absolute atomic E-state index is 9.50. The molecule has 0 fully saturated rings. The number of pyridine rings is 1. The molecule has 0 radical (unpaired) electrons. The Balaban J connectivity index is 1.88. The van der Waals surface area contributed by atoms with Gasteiger partial charge in [0, 0.05) is 6.20 Å². The molecule has 0 atom stereocenters. The molecule has 0 aliphatic heterocycles. The lowest BCUT2D eigenvalue weighted by Crippen LogP contribution is -1.95. The van der Waals surface area contributed by atoms with Gasteiger partial charge in [0.25, 0.3) is 0 Å². The van der Waals surface area contributed by atoms with E-state index in [0.29, 0.717) is 18.9 Å². The minimum Gasteiger partial charge on any atom is -0.506 e. The highest BCUT2D eigenvalue weighted by Gasteiger charge is 2.00. The van der Waals surface area contributed by atoms with Gasteiger partial charge in [-0.1, -0.05) is 30.3 Å². The van der Waals surface area contributed by atoms with E-state index in [2.05, 4.69) is 4.98 Å². The molecule has 0 saturated heterocycles. The lowest BCUT2D eigenvalue weighted by Gasteiger charge is -2.05. The molecule has 1 aromatic heterocycles. The summed E-state index contributed by atoms with van der Waals surface area (Å²) in [7, 11) is 0. The first kappa shape index (κ1) is 11.6. The minimum atomic E-state index is 0.214. The first-order valence-corrected chi connectivity index (χ1v) is 5.52. The number of hydrogen-bond acceptors (Lipinski definition) is 3. The number of rotatable bonds is 4. The highest BCUT2D eigenvalue weighted by molar-refractivity contribution is 5.28. The van der Waals surface area contributed by atoms with Crippen molar-refractivity contribution in [1.29, 1.82) is 0 Å². The van der Waals surface area contributed by atoms with Gasteiger partial charge in [-0.2, -0.15) is 0 Å². The Labute approximate surface area is 101 Å². The molecule has 1 aromatic carbocycles. The zero-order chi connectivity index (χ0) is 12.1. The lowest BCUT2D eigenvalue weighted by atomic mass is 10.2. The summed E-state index contributed by atoms with van der Waals surface area (Å²) in [6, 6.07) is 11.7. The molecule has 0 aliphatic rings. The monoisotopic (exact) mass is 229 g/mol. The van der Waals surface area contributed by atoms with Crippen molar-refractivity contribution < 1.29 is 9.84 Å². The summed E-state index contributed by atoms with van der Waals surface area (Å²) in [5.74, 6) is 0.214. The van der Waals surface area contributed by atoms with Crippen molar-refractivity contribution in [2.24, 2.45) is 0 Å². The summed E-state index contributed by atoms with van der Waals surface area (Å²) in [4.78, 5) is 4.07. The molecule has 0 saturated carbocycles. The van der Waals surface area contributed by atoms with Crippen LogP contribution in [0, 0.1) is 6.92 Å². The fourth-order valence-corrected chi connectivity index (χ4v) is 1.50. The topological polar surface area (TPSA) is 42.4 Å². The Hall–Kier alpha value is -1.87. The Bertz CT molecular complexity index is 483. The zero-order valence-corrected chi connectivity index (χ0v) is 9.76. The number of aromatic nitrogens is 1. The molecular weight excluding hydrogens is 214 g/mol. The second-order valence-electron chi connectivity index (χ2n) is 3.93. The number of nitrogens with zero attached hydrogens (tertiary/aromatic N) is 1. The van der Waals surface area contributed by atoms with Crippen molar-refractivity contribution in [2.75, 3.05) is 0 Å². The van der Waals surface area contributed by atoms with E-state index in [1.807, 2.05) is 30.3 Å². The molecule has 0 amide bonds. The Kier molecular flexibility index (Phi) is 3.73. The second-order valence-corrected chi connectivity index (χ2v) is 3.93. The van der Waals surface area contributed by atoms with E-state index < -0.39 is 0 Å². The van der Waals surface area contributed by atoms with Crippen LogP contribution in [0.2, 0.25) is 0 Å². The summed E-state index contributed by atoms with van der Waals surface area (Å²) in [6.07, 6.45) is 1.72. The highest BCUT2D eigenvalue weighted by atomic mass is 16.5. The van der Waals surface area contributed by atoms with Crippen LogP contribution < -0.4 is 0 Å². The van der Waals surface area contributed by atoms with Crippen molar-refractivity contribution in [3.8, 4) is 5.75 Å². The van der Waals surface area contributed by atoms with Gasteiger partial charge in [-0.05, 0) is 24.1 Å². The van der Waals surface area contributed by atoms with E-state index in [9.17, 15) is 5.11 Å². The molecule has 88 valence electrons. The van der Waals surface area contributed by atoms with Gasteiger partial charge in [0.1, 0.15) is 5.75 Å². The predicted molar refractivity (Wildman–Crippen MR) is 65.6 cm³/mol. The van der Waals surface area contributed by atoms with Crippen molar-refractivity contribution >= 4 is 0 Å². The summed E-state index contributed by atoms with van der Waals surface area (Å²) >= 11 is 0. The predicted octanol–water partition coefficient (Wildman–Crippen LogP) is 2.81. The third-order valence-electron chi connectivity index (χ3n) is 2.50. The van der Waals surface area contributed by atoms with Crippen molar-refractivity contribution in [2.45, 2.75) is 20.1 Å². The molecule has 2 rings (SSSR count). The molecule has 1 heterocycles. The smallest absolute Gasteiger partial charge is 0.137 e. The number of hydrogen-bond donors (Lipinski definition) is 1. The molecule has 0 unspecified atom stereocenters. The fourth-order valence-electron chi connectivity index (χ4n) is 1.50. The van der Waals surface area contributed by atoms with Gasteiger partial charge in [0.15, 0.2) is 0 Å². The van der Waals surface area contributed by atoms with E-state index in [1.165, 1.54) is 0 Å². The van der Waals surface area contributed by atoms with Gasteiger partial charge >= 0.3 is 0 Å². The lowest BCUT2D eigenvalue weighted by molar-refractivity contribution is 0.107. The zero-order valence-electron chi connectivity index (χ0n) is 9.76. The molecule has 17 heavy (non-hydrogen) atoms. The maximum atomic E-state index is 9.50. The number of aryl methyl sites for hydroxylation is 1. The number of aromatic hydroxyl groups is 1. The molecule has 3 nitrogen and oxygen atoms in total. The Morgan fingerprint density at radius 2 is 1.82 bits per heavy atom. The van der Waals surface area contributed by atoms with Crippen LogP contribution in [0.1, 0.15) is 16.8 Å². The van der Waals surface area contributed by atoms with Crippen LogP contribution in [0.3, 0.4) is 0 Å². The highest BCUT2D eigenvalue weighted by Crippen LogP contribution is 2.15. The SMILES string of the molecule is Cc1ncc(COCc2ccccc2)cc1O. The summed E-state index contributed by atoms with van der Waals surface area (Å²) < 4.78 is 5.55. The molecule has 2 aromatic rings. The van der Waals surface area contributed by atoms with Crippen LogP contribution in [-0.4, -0.2) is 10.1 Å². The Morgan fingerprint density at radius 3 is 2.53 bits per heavy atom. The van der Waals surface area contributed by atoms with Crippen molar-refractivity contribution in [3.63, 3.8) is 0 Å². The first-order chi connectivity index (χ1) is 8.25. The number of ether oxygens (including phenoxy) is 1. The largest absolute Gasteiger partial charge is 0.506 e. The van der Waals surface area contributed by atoms with E-state index in [0.717, 1.165) is 11.1 Å². The first-order valence-electron chi connectivity index (χ1n) is 5.52. The maximum Gasteiger partial charge on any atom is 0.137 e. The molecule has 0 spiro atoms. The fraction of sp³-hybridized carbons (Fsp3) is 0.214. The van der Waals surface area contributed by atoms with Gasteiger partial charge in [-0.3, -0.25) is 4.98 Å². The molecule has 1 N–H and O–H groups in total. The average Bonchev–Trinajstić information content (AvgIpc) is 2.35. The van der Waals surface area contributed by atoms with Gasteiger partial charge in [-0.25, -0.2) is 0 Å². The van der Waals surface area contributed by atoms with Crippen LogP contribution in [-0.2, 0) is 18.0 Å². The van der Waals surface area contributed by atoms with E-state index in [4.69, 9.17) is 4.74 Å². The van der Waals surface area contributed by atoms with Gasteiger partial charge in [0.05, 0.1) is 18.9 Å². The molecule has 0 aliphatic carbocycles. The number of benzene rings is 1. The third-order valence-corrected chi connectivity index (χ3v) is 2.50. The van der Waals surface area contributed by atoms with Crippen molar-refractivity contribution in [1.82, 2.24) is 4.98 Å². The van der Waals surface area contributed by atoms with Crippen LogP contribution in [0.25, 0.3) is 0 Å². The minimum absolute atomic E-state index is 0.214. The average molecular weight is 229 g/mol. The van der Waals surface area contributed by atoms with Gasteiger partial charge in [-0.15, -0.1) is 0 Å². The quantitative estimate of drug-likeness (QED) is 0.876. The Morgan fingerprint density at radius 1 is 1.12 bits per heavy atom. The third kappa shape index (κ3) is 3.29. The van der Waals surface area contributed by atoms with Crippen LogP contribution >= 0.6 is 0 Å². The van der Waals surface area contributed by atoms with E-state index in [1.54, 1.807) is 19.2 Å². The second kappa shape index (κ2) is 5.46.